The molecule has 0 N–H and O–H groups in total. The third-order valence-corrected chi connectivity index (χ3v) is 0. The van der Waals surface area contributed by atoms with Crippen LogP contribution in [0.15, 0.2) is 0 Å². The van der Waals surface area contributed by atoms with Crippen LogP contribution in [0, 0.1) is 0 Å². The van der Waals surface area contributed by atoms with Crippen molar-refractivity contribution in [3.8, 4) is 0 Å². The Balaban J connectivity index is -0.00000000667. The Bertz CT molecular complexity index is 13.5. The summed E-state index contributed by atoms with van der Waals surface area (Å²) in [5.74, 6) is 0. The van der Waals surface area contributed by atoms with E-state index in [1.807, 2.05) is 0 Å². The van der Waals surface area contributed by atoms with Gasteiger partial charge in [-0.15, -0.1) is 9.24 Å². The predicted molar refractivity (Wildman–Crippen MR) is 26.0 cm³/mol. The summed E-state index contributed by atoms with van der Waals surface area (Å²) in [6, 6.07) is 0. The fourth-order valence-electron chi connectivity index (χ4n) is 0. The summed E-state index contributed by atoms with van der Waals surface area (Å²) in [5, 5.41) is 0. The van der Waals surface area contributed by atoms with Gasteiger partial charge in [-0.2, -0.15) is 0 Å². The Kier molecular flexibility index (Phi) is 111. The van der Waals surface area contributed by atoms with E-state index in [1.54, 1.807) is 0 Å². The van der Waals surface area contributed by atoms with Crippen LogP contribution in [0.2, 0.25) is 0 Å². The second-order valence-electron chi connectivity index (χ2n) is 0.408. The van der Waals surface area contributed by atoms with Gasteiger partial charge in [-0.3, -0.25) is 0 Å². The zero-order valence-corrected chi connectivity index (χ0v) is 10.4. The molecule has 0 bridgehead atoms. The van der Waals surface area contributed by atoms with Crippen molar-refractivity contribution >= 4 is 26.6 Å². The molecule has 1 radical (unpaired) electrons. The minimum atomic E-state index is 0. The molecule has 0 spiro atoms. The molecule has 0 nitrogen and oxygen atoms in total. The van der Waals surface area contributed by atoms with E-state index in [9.17, 15) is 0 Å². The van der Waals surface area contributed by atoms with Crippen LogP contribution in [0.5, 0.6) is 0 Å². The van der Waals surface area contributed by atoms with E-state index in [1.165, 1.54) is 6.16 Å². The second-order valence-corrected chi connectivity index (χ2v) is 1.22. The van der Waals surface area contributed by atoms with E-state index in [0.29, 0.717) is 0 Å². The summed E-state index contributed by atoms with van der Waals surface area (Å²) >= 11 is 0. The third-order valence-electron chi connectivity index (χ3n) is 0. The van der Waals surface area contributed by atoms with Crippen molar-refractivity contribution in [2.45, 2.75) is 6.92 Å². The van der Waals surface area contributed by atoms with Crippen LogP contribution in [0.3, 0.4) is 0 Å². The molecule has 0 aromatic heterocycles. The molecular formula is C2H7AlMnPZn+7. The van der Waals surface area contributed by atoms with Crippen LogP contribution in [-0.4, -0.2) is 23.5 Å². The van der Waals surface area contributed by atoms with Gasteiger partial charge in [0.05, 0.1) is 0 Å². The van der Waals surface area contributed by atoms with Crippen molar-refractivity contribution in [2.24, 2.45) is 0 Å². The van der Waals surface area contributed by atoms with Crippen LogP contribution in [0.25, 0.3) is 0 Å². The minimum absolute atomic E-state index is 0. The number of hydrogen-bond donors (Lipinski definition) is 0. The molecule has 1 atom stereocenters. The Morgan fingerprint density at radius 3 is 1.50 bits per heavy atom. The van der Waals surface area contributed by atoms with Crippen LogP contribution < -0.4 is 0 Å². The Morgan fingerprint density at radius 2 is 1.50 bits per heavy atom. The van der Waals surface area contributed by atoms with Crippen molar-refractivity contribution < 1.29 is 36.5 Å². The van der Waals surface area contributed by atoms with Crippen LogP contribution in [0.1, 0.15) is 6.92 Å². The predicted octanol–water partition coefficient (Wildman–Crippen LogP) is 0.496. The topological polar surface area (TPSA) is 0 Å². The van der Waals surface area contributed by atoms with Crippen molar-refractivity contribution in [1.82, 2.24) is 0 Å². The van der Waals surface area contributed by atoms with E-state index >= 15 is 0 Å². The van der Waals surface area contributed by atoms with E-state index in [4.69, 9.17) is 0 Å². The standard InChI is InChI=1S/C2H7P.Al.Mn.Zn/c1-2-3;;;/h2-3H2,1H3;;;/q;+3;2*+2. The summed E-state index contributed by atoms with van der Waals surface area (Å²) in [4.78, 5) is 0. The van der Waals surface area contributed by atoms with Gasteiger partial charge in [0, 0.05) is 0 Å². The van der Waals surface area contributed by atoms with Crippen molar-refractivity contribution in [3.05, 3.63) is 0 Å². The molecule has 0 rings (SSSR count). The fraction of sp³-hybridized carbons (Fsp3) is 1.00. The molecule has 0 aliphatic rings. The Hall–Kier alpha value is 2.11. The summed E-state index contributed by atoms with van der Waals surface area (Å²) in [5.41, 5.74) is 0. The average Bonchev–Trinajstić information content (AvgIpc) is 0.918. The van der Waals surface area contributed by atoms with Gasteiger partial charge in [0.15, 0.2) is 0 Å². The van der Waals surface area contributed by atoms with Crippen molar-refractivity contribution in [3.63, 3.8) is 0 Å². The average molecular weight is 209 g/mol. The van der Waals surface area contributed by atoms with Gasteiger partial charge < -0.3 is 0 Å². The molecule has 0 saturated carbocycles. The minimum Gasteiger partial charge on any atom is -0.138 e. The molecule has 0 amide bonds. The van der Waals surface area contributed by atoms with Crippen LogP contribution in [-0.2, 0) is 36.5 Å². The first kappa shape index (κ1) is 24.3. The van der Waals surface area contributed by atoms with Crippen molar-refractivity contribution in [2.75, 3.05) is 6.16 Å². The van der Waals surface area contributed by atoms with Gasteiger partial charge in [0.25, 0.3) is 0 Å². The quantitative estimate of drug-likeness (QED) is 0.402. The maximum absolute atomic E-state index is 2.58. The van der Waals surface area contributed by atoms with Crippen LogP contribution >= 0.6 is 9.24 Å². The molecule has 25 valence electrons. The molecule has 0 saturated heterocycles. The molecule has 0 aromatic rings. The molecule has 0 heterocycles. The second kappa shape index (κ2) is 27.5. The van der Waals surface area contributed by atoms with Gasteiger partial charge in [-0.05, 0) is 6.16 Å². The van der Waals surface area contributed by atoms with E-state index < -0.39 is 0 Å². The first-order valence-electron chi connectivity index (χ1n) is 1.12. The van der Waals surface area contributed by atoms with Crippen molar-refractivity contribution in [1.29, 1.82) is 0 Å². The fourth-order valence-corrected chi connectivity index (χ4v) is 0. The Morgan fingerprint density at radius 1 is 1.50 bits per heavy atom. The molecular weight excluding hydrogens is 202 g/mol. The number of hydrogen-bond acceptors (Lipinski definition) is 0. The molecule has 0 fully saturated rings. The normalized spacial score (nSPS) is 3.00. The summed E-state index contributed by atoms with van der Waals surface area (Å²) < 4.78 is 0. The molecule has 0 aliphatic heterocycles. The smallest absolute Gasteiger partial charge is 0.138 e. The first-order chi connectivity index (χ1) is 1.41. The SMILES string of the molecule is CCP.[Al+3].[Mn+2].[Zn+2]. The zero-order chi connectivity index (χ0) is 2.71. The summed E-state index contributed by atoms with van der Waals surface area (Å²) in [6.07, 6.45) is 1.17. The monoisotopic (exact) mass is 208 g/mol. The third kappa shape index (κ3) is 35.9. The van der Waals surface area contributed by atoms with Crippen LogP contribution in [0.4, 0.5) is 0 Å². The van der Waals surface area contributed by atoms with E-state index in [0.717, 1.165) is 0 Å². The van der Waals surface area contributed by atoms with Gasteiger partial charge in [-0.1, -0.05) is 6.92 Å². The Labute approximate surface area is 75.8 Å². The summed E-state index contributed by atoms with van der Waals surface area (Å²) in [6.45, 7) is 2.09. The van der Waals surface area contributed by atoms with E-state index in [2.05, 4.69) is 16.2 Å². The first-order valence-corrected chi connectivity index (χ1v) is 1.93. The number of rotatable bonds is 0. The largest absolute Gasteiger partial charge is 3.00 e. The molecule has 1 unspecified atom stereocenters. The zero-order valence-electron chi connectivity index (χ0n) is 3.95. The van der Waals surface area contributed by atoms with E-state index in [-0.39, 0.29) is 53.9 Å². The van der Waals surface area contributed by atoms with Gasteiger partial charge in [-0.25, -0.2) is 0 Å². The maximum atomic E-state index is 2.58. The van der Waals surface area contributed by atoms with Gasteiger partial charge in [0.2, 0.25) is 0 Å². The molecule has 0 aliphatic carbocycles. The summed E-state index contributed by atoms with van der Waals surface area (Å²) in [7, 11) is 2.58. The molecule has 6 heavy (non-hydrogen) atoms. The van der Waals surface area contributed by atoms with Gasteiger partial charge in [0.1, 0.15) is 0 Å². The maximum Gasteiger partial charge on any atom is 3.00 e. The molecule has 4 heteroatoms. The van der Waals surface area contributed by atoms with Gasteiger partial charge >= 0.3 is 53.9 Å². The molecule has 0 aromatic carbocycles.